The summed E-state index contributed by atoms with van der Waals surface area (Å²) >= 11 is 0. The van der Waals surface area contributed by atoms with Crippen molar-refractivity contribution < 1.29 is 17.6 Å². The highest BCUT2D eigenvalue weighted by Crippen LogP contribution is 2.23. The molecule has 1 aliphatic heterocycles. The molecule has 1 aliphatic rings. The fourth-order valence-electron chi connectivity index (χ4n) is 3.94. The van der Waals surface area contributed by atoms with Crippen LogP contribution in [0.15, 0.2) is 52.2 Å². The molecule has 0 atom stereocenters. The van der Waals surface area contributed by atoms with Crippen molar-refractivity contribution in [1.82, 2.24) is 14.2 Å². The fourth-order valence-corrected chi connectivity index (χ4v) is 5.57. The van der Waals surface area contributed by atoms with E-state index in [1.54, 1.807) is 19.1 Å². The number of hydrogen-bond acceptors (Lipinski definition) is 4. The van der Waals surface area contributed by atoms with Crippen molar-refractivity contribution in [3.8, 4) is 0 Å². The molecule has 1 saturated heterocycles. The molecule has 9 heteroatoms. The number of fused-ring (bicyclic) bond motifs is 1. The van der Waals surface area contributed by atoms with Crippen LogP contribution in [0, 0.1) is 19.7 Å². The van der Waals surface area contributed by atoms with Gasteiger partial charge in [0, 0.05) is 37.6 Å². The molecule has 0 unspecified atom stereocenters. The molecule has 2 heterocycles. The summed E-state index contributed by atoms with van der Waals surface area (Å²) in [6.07, 6.45) is 0. The Bertz CT molecular complexity index is 1340. The smallest absolute Gasteiger partial charge is 0.254 e. The number of nitrogens with zero attached hydrogens (tertiary/aromatic N) is 2. The van der Waals surface area contributed by atoms with Crippen LogP contribution in [-0.4, -0.2) is 54.7 Å². The molecule has 2 aromatic carbocycles. The molecule has 31 heavy (non-hydrogen) atoms. The Balaban J connectivity index is 1.56. The number of benzene rings is 2. The van der Waals surface area contributed by atoms with Crippen molar-refractivity contribution in [1.29, 1.82) is 0 Å². The van der Waals surface area contributed by atoms with Gasteiger partial charge in [-0.1, -0.05) is 17.7 Å². The average Bonchev–Trinajstić information content (AvgIpc) is 2.72. The van der Waals surface area contributed by atoms with E-state index in [1.165, 1.54) is 33.5 Å². The number of carbonyl (C=O) groups excluding carboxylic acids is 1. The van der Waals surface area contributed by atoms with Crippen molar-refractivity contribution in [2.24, 2.45) is 0 Å². The largest absolute Gasteiger partial charge is 0.336 e. The molecule has 162 valence electrons. The summed E-state index contributed by atoms with van der Waals surface area (Å²) in [5.74, 6) is -0.899. The highest BCUT2D eigenvalue weighted by atomic mass is 32.2. The lowest BCUT2D eigenvalue weighted by Gasteiger charge is -2.34. The predicted molar refractivity (Wildman–Crippen MR) is 115 cm³/mol. The number of aromatic nitrogens is 1. The standard InChI is InChI=1S/C22H22FN3O4S/c1-14-3-6-20(15(2)11-14)31(29,30)26-9-7-25(8-10-26)22(28)18-13-21(27)24-19-12-16(23)4-5-17(18)19/h3-6,11-13H,7-10H2,1-2H3,(H,24,27). The van der Waals surface area contributed by atoms with E-state index in [1.807, 2.05) is 13.0 Å². The molecule has 0 aliphatic carbocycles. The lowest BCUT2D eigenvalue weighted by molar-refractivity contribution is 0.0699. The summed E-state index contributed by atoms with van der Waals surface area (Å²) in [5, 5.41) is 0.441. The third kappa shape index (κ3) is 3.98. The first-order valence-electron chi connectivity index (χ1n) is 9.86. The molecule has 1 aromatic heterocycles. The zero-order valence-electron chi connectivity index (χ0n) is 17.2. The van der Waals surface area contributed by atoms with E-state index in [4.69, 9.17) is 0 Å². The van der Waals surface area contributed by atoms with E-state index < -0.39 is 21.4 Å². The van der Waals surface area contributed by atoms with Crippen molar-refractivity contribution in [3.05, 3.63) is 75.3 Å². The fraction of sp³-hybridized carbons (Fsp3) is 0.273. The van der Waals surface area contributed by atoms with Gasteiger partial charge in [0.05, 0.1) is 16.0 Å². The van der Waals surface area contributed by atoms with Crippen molar-refractivity contribution in [3.63, 3.8) is 0 Å². The van der Waals surface area contributed by atoms with Gasteiger partial charge in [-0.15, -0.1) is 0 Å². The Morgan fingerprint density at radius 3 is 2.39 bits per heavy atom. The predicted octanol–water partition coefficient (Wildman–Crippen LogP) is 2.43. The zero-order valence-corrected chi connectivity index (χ0v) is 18.0. The van der Waals surface area contributed by atoms with E-state index in [-0.39, 0.29) is 48.1 Å². The Hall–Kier alpha value is -3.04. The number of hydrogen-bond donors (Lipinski definition) is 1. The van der Waals surface area contributed by atoms with Crippen LogP contribution < -0.4 is 5.56 Å². The van der Waals surface area contributed by atoms with Crippen LogP contribution in [0.5, 0.6) is 0 Å². The van der Waals surface area contributed by atoms with E-state index in [0.717, 1.165) is 5.56 Å². The number of sulfonamides is 1. The Morgan fingerprint density at radius 2 is 1.71 bits per heavy atom. The number of rotatable bonds is 3. The monoisotopic (exact) mass is 443 g/mol. The summed E-state index contributed by atoms with van der Waals surface area (Å²) in [6, 6.07) is 10.2. The summed E-state index contributed by atoms with van der Waals surface area (Å²) in [6.45, 7) is 4.35. The Morgan fingerprint density at radius 1 is 1.00 bits per heavy atom. The number of aryl methyl sites for hydroxylation is 2. The van der Waals surface area contributed by atoms with Gasteiger partial charge in [0.1, 0.15) is 5.82 Å². The summed E-state index contributed by atoms with van der Waals surface area (Å²) in [4.78, 5) is 29.4. The summed E-state index contributed by atoms with van der Waals surface area (Å²) < 4.78 is 41.0. The number of aromatic amines is 1. The van der Waals surface area contributed by atoms with Gasteiger partial charge in [0.25, 0.3) is 5.91 Å². The number of pyridine rings is 1. The lowest BCUT2D eigenvalue weighted by atomic mass is 10.1. The van der Waals surface area contributed by atoms with Crippen LogP contribution in [0.2, 0.25) is 0 Å². The molecular weight excluding hydrogens is 421 g/mol. The molecule has 0 radical (unpaired) electrons. The SMILES string of the molecule is Cc1ccc(S(=O)(=O)N2CCN(C(=O)c3cc(=O)[nH]c4cc(F)ccc34)CC2)c(C)c1. The summed E-state index contributed by atoms with van der Waals surface area (Å²) in [5.41, 5.74) is 1.58. The molecule has 0 bridgehead atoms. The minimum absolute atomic E-state index is 0.150. The van der Waals surface area contributed by atoms with Gasteiger partial charge < -0.3 is 9.88 Å². The minimum Gasteiger partial charge on any atom is -0.336 e. The molecule has 4 rings (SSSR count). The maximum absolute atomic E-state index is 13.5. The third-order valence-corrected chi connectivity index (χ3v) is 7.57. The van der Waals surface area contributed by atoms with Crippen LogP contribution in [0.25, 0.3) is 10.9 Å². The number of H-pyrrole nitrogens is 1. The zero-order chi connectivity index (χ0) is 22.3. The van der Waals surface area contributed by atoms with Crippen LogP contribution in [0.3, 0.4) is 0 Å². The normalized spacial score (nSPS) is 15.4. The molecule has 0 saturated carbocycles. The second-order valence-electron chi connectivity index (χ2n) is 7.70. The van der Waals surface area contributed by atoms with Crippen LogP contribution in [-0.2, 0) is 10.0 Å². The maximum Gasteiger partial charge on any atom is 0.254 e. The first kappa shape index (κ1) is 21.2. The quantitative estimate of drug-likeness (QED) is 0.673. The van der Waals surface area contributed by atoms with E-state index >= 15 is 0 Å². The van der Waals surface area contributed by atoms with Gasteiger partial charge in [0.15, 0.2) is 0 Å². The van der Waals surface area contributed by atoms with E-state index in [2.05, 4.69) is 4.98 Å². The number of amides is 1. The van der Waals surface area contributed by atoms with Crippen LogP contribution in [0.1, 0.15) is 21.5 Å². The first-order chi connectivity index (χ1) is 14.7. The van der Waals surface area contributed by atoms with E-state index in [0.29, 0.717) is 10.9 Å². The van der Waals surface area contributed by atoms with E-state index in [9.17, 15) is 22.4 Å². The number of carbonyl (C=O) groups is 1. The van der Waals surface area contributed by atoms with Gasteiger partial charge in [0.2, 0.25) is 15.6 Å². The van der Waals surface area contributed by atoms with Gasteiger partial charge in [-0.2, -0.15) is 4.31 Å². The second kappa shape index (κ2) is 7.90. The molecule has 1 amide bonds. The Kier molecular flexibility index (Phi) is 5.40. The molecule has 7 nitrogen and oxygen atoms in total. The van der Waals surface area contributed by atoms with Crippen LogP contribution >= 0.6 is 0 Å². The first-order valence-corrected chi connectivity index (χ1v) is 11.3. The van der Waals surface area contributed by atoms with Gasteiger partial charge in [-0.3, -0.25) is 9.59 Å². The molecule has 3 aromatic rings. The third-order valence-electron chi connectivity index (χ3n) is 5.51. The molecule has 1 N–H and O–H groups in total. The molecular formula is C22H22FN3O4S. The van der Waals surface area contributed by atoms with Gasteiger partial charge >= 0.3 is 0 Å². The van der Waals surface area contributed by atoms with Crippen molar-refractivity contribution >= 4 is 26.8 Å². The van der Waals surface area contributed by atoms with Gasteiger partial charge in [-0.05, 0) is 43.7 Å². The van der Waals surface area contributed by atoms with Gasteiger partial charge in [-0.25, -0.2) is 12.8 Å². The molecule has 1 fully saturated rings. The van der Waals surface area contributed by atoms with Crippen molar-refractivity contribution in [2.75, 3.05) is 26.2 Å². The number of nitrogens with one attached hydrogen (secondary N) is 1. The summed E-state index contributed by atoms with van der Waals surface area (Å²) in [7, 11) is -3.67. The maximum atomic E-state index is 13.5. The number of halogens is 1. The minimum atomic E-state index is -3.67. The van der Waals surface area contributed by atoms with Crippen LogP contribution in [0.4, 0.5) is 4.39 Å². The average molecular weight is 444 g/mol. The number of piperazine rings is 1. The Labute approximate surface area is 179 Å². The lowest BCUT2D eigenvalue weighted by Crippen LogP contribution is -2.50. The molecule has 0 spiro atoms. The van der Waals surface area contributed by atoms with Crippen molar-refractivity contribution in [2.45, 2.75) is 18.7 Å². The second-order valence-corrected chi connectivity index (χ2v) is 9.61. The topological polar surface area (TPSA) is 90.6 Å². The highest BCUT2D eigenvalue weighted by Gasteiger charge is 2.31. The highest BCUT2D eigenvalue weighted by molar-refractivity contribution is 7.89.